The monoisotopic (exact) mass is 246 g/mol. The van der Waals surface area contributed by atoms with Crippen molar-refractivity contribution in [1.82, 2.24) is 4.98 Å². The number of carboxylic acids is 1. The van der Waals surface area contributed by atoms with Gasteiger partial charge in [0.2, 0.25) is 5.76 Å². The van der Waals surface area contributed by atoms with E-state index in [-0.39, 0.29) is 5.76 Å². The first-order chi connectivity index (χ1) is 8.19. The molecule has 0 aliphatic rings. The Kier molecular flexibility index (Phi) is 3.12. The van der Waals surface area contributed by atoms with E-state index < -0.39 is 5.97 Å². The molecule has 1 N–H and O–H groups in total. The third kappa shape index (κ3) is 2.65. The summed E-state index contributed by atoms with van der Waals surface area (Å²) >= 11 is 1.23. The highest BCUT2D eigenvalue weighted by Gasteiger charge is 2.10. The van der Waals surface area contributed by atoms with Gasteiger partial charge in [-0.05, 0) is 24.3 Å². The summed E-state index contributed by atoms with van der Waals surface area (Å²) < 4.78 is 5.08. The van der Waals surface area contributed by atoms with Crippen LogP contribution in [0.1, 0.15) is 16.2 Å². The number of carboxylic acid groups (broad SMARTS) is 1. The zero-order valence-electron chi connectivity index (χ0n) is 8.45. The Hall–Kier alpha value is -2.26. The molecule has 0 fully saturated rings. The maximum atomic E-state index is 10.6. The number of carbonyl (C=O) groups is 1. The zero-order chi connectivity index (χ0) is 12.3. The summed E-state index contributed by atoms with van der Waals surface area (Å²) in [5, 5.41) is 17.8. The van der Waals surface area contributed by atoms with Crippen LogP contribution in [0.15, 0.2) is 44.9 Å². The van der Waals surface area contributed by atoms with Crippen LogP contribution in [-0.4, -0.2) is 16.1 Å². The molecular formula is C11H6N2O3S. The third-order valence-corrected chi connectivity index (χ3v) is 2.77. The van der Waals surface area contributed by atoms with Gasteiger partial charge in [-0.1, -0.05) is 11.8 Å². The maximum Gasteiger partial charge on any atom is 0.371 e. The van der Waals surface area contributed by atoms with E-state index in [1.54, 1.807) is 18.2 Å². The summed E-state index contributed by atoms with van der Waals surface area (Å²) in [5.74, 6) is -1.22. The van der Waals surface area contributed by atoms with E-state index in [0.29, 0.717) is 10.8 Å². The second-order valence-electron chi connectivity index (χ2n) is 3.01. The predicted molar refractivity (Wildman–Crippen MR) is 58.7 cm³/mol. The molecule has 0 unspecified atom stereocenters. The van der Waals surface area contributed by atoms with Crippen LogP contribution >= 0.6 is 11.8 Å². The molecule has 0 amide bonds. The molecule has 2 aromatic heterocycles. The summed E-state index contributed by atoms with van der Waals surface area (Å²) in [4.78, 5) is 15.2. The molecule has 0 radical (unpaired) electrons. The molecule has 0 saturated heterocycles. The van der Waals surface area contributed by atoms with Crippen LogP contribution < -0.4 is 0 Å². The first-order valence-corrected chi connectivity index (χ1v) is 5.38. The zero-order valence-corrected chi connectivity index (χ0v) is 9.27. The minimum Gasteiger partial charge on any atom is -0.475 e. The summed E-state index contributed by atoms with van der Waals surface area (Å²) in [6, 6.07) is 8.20. The van der Waals surface area contributed by atoms with Crippen molar-refractivity contribution in [1.29, 1.82) is 5.26 Å². The fraction of sp³-hybridized carbons (Fsp3) is 0. The van der Waals surface area contributed by atoms with E-state index >= 15 is 0 Å². The molecule has 2 rings (SSSR count). The highest BCUT2D eigenvalue weighted by atomic mass is 32.2. The lowest BCUT2D eigenvalue weighted by Crippen LogP contribution is -1.91. The van der Waals surface area contributed by atoms with Crippen LogP contribution in [0.4, 0.5) is 0 Å². The Bertz CT molecular complexity index is 601. The summed E-state index contributed by atoms with van der Waals surface area (Å²) in [6.45, 7) is 0. The van der Waals surface area contributed by atoms with E-state index in [2.05, 4.69) is 4.98 Å². The average molecular weight is 246 g/mol. The summed E-state index contributed by atoms with van der Waals surface area (Å²) in [7, 11) is 0. The van der Waals surface area contributed by atoms with Crippen molar-refractivity contribution in [3.05, 3.63) is 41.9 Å². The molecule has 0 bridgehead atoms. The molecule has 17 heavy (non-hydrogen) atoms. The van der Waals surface area contributed by atoms with Gasteiger partial charge >= 0.3 is 5.97 Å². The SMILES string of the molecule is N#Cc1cc(Sc2ccc(C(=O)O)o2)ccn1. The molecular weight excluding hydrogens is 240 g/mol. The van der Waals surface area contributed by atoms with Gasteiger partial charge in [-0.15, -0.1) is 0 Å². The lowest BCUT2D eigenvalue weighted by Gasteiger charge is -1.97. The summed E-state index contributed by atoms with van der Waals surface area (Å²) in [5.41, 5.74) is 0.306. The van der Waals surface area contributed by atoms with Gasteiger partial charge in [0, 0.05) is 11.1 Å². The molecule has 2 heterocycles. The molecule has 0 aliphatic heterocycles. The topological polar surface area (TPSA) is 87.1 Å². The number of nitrogens with zero attached hydrogens (tertiary/aromatic N) is 2. The van der Waals surface area contributed by atoms with Gasteiger partial charge in [-0.2, -0.15) is 5.26 Å². The molecule has 84 valence electrons. The Morgan fingerprint density at radius 2 is 2.29 bits per heavy atom. The number of pyridine rings is 1. The second kappa shape index (κ2) is 4.72. The van der Waals surface area contributed by atoms with E-state index in [0.717, 1.165) is 4.90 Å². The quantitative estimate of drug-likeness (QED) is 0.894. The van der Waals surface area contributed by atoms with Crippen molar-refractivity contribution >= 4 is 17.7 Å². The van der Waals surface area contributed by atoms with Crippen molar-refractivity contribution in [3.8, 4) is 6.07 Å². The first kappa shape index (κ1) is 11.2. The van der Waals surface area contributed by atoms with E-state index in [1.165, 1.54) is 24.0 Å². The second-order valence-corrected chi connectivity index (χ2v) is 4.09. The molecule has 0 atom stereocenters. The minimum atomic E-state index is -1.11. The highest BCUT2D eigenvalue weighted by molar-refractivity contribution is 7.99. The van der Waals surface area contributed by atoms with Crippen molar-refractivity contribution in [2.24, 2.45) is 0 Å². The van der Waals surface area contributed by atoms with Gasteiger partial charge < -0.3 is 9.52 Å². The highest BCUT2D eigenvalue weighted by Crippen LogP contribution is 2.29. The fourth-order valence-electron chi connectivity index (χ4n) is 1.14. The van der Waals surface area contributed by atoms with Gasteiger partial charge in [-0.3, -0.25) is 0 Å². The van der Waals surface area contributed by atoms with Crippen LogP contribution in [0.25, 0.3) is 0 Å². The molecule has 5 nitrogen and oxygen atoms in total. The number of hydrogen-bond acceptors (Lipinski definition) is 5. The van der Waals surface area contributed by atoms with Crippen molar-refractivity contribution < 1.29 is 14.3 Å². The predicted octanol–water partition coefficient (Wildman–Crippen LogP) is 2.40. The van der Waals surface area contributed by atoms with Gasteiger partial charge in [0.15, 0.2) is 5.09 Å². The van der Waals surface area contributed by atoms with Crippen molar-refractivity contribution in [3.63, 3.8) is 0 Å². The van der Waals surface area contributed by atoms with Crippen molar-refractivity contribution in [2.45, 2.75) is 9.99 Å². The number of rotatable bonds is 3. The lowest BCUT2D eigenvalue weighted by molar-refractivity contribution is 0.0656. The van der Waals surface area contributed by atoms with Gasteiger partial charge in [0.25, 0.3) is 0 Å². The molecule has 0 saturated carbocycles. The van der Waals surface area contributed by atoms with E-state index in [4.69, 9.17) is 14.8 Å². The molecule has 0 aliphatic carbocycles. The van der Waals surface area contributed by atoms with Crippen LogP contribution in [0.2, 0.25) is 0 Å². The largest absolute Gasteiger partial charge is 0.475 e. The smallest absolute Gasteiger partial charge is 0.371 e. The number of hydrogen-bond donors (Lipinski definition) is 1. The number of aromatic nitrogens is 1. The first-order valence-electron chi connectivity index (χ1n) is 4.56. The molecule has 2 aromatic rings. The number of aromatic carboxylic acids is 1. The molecule has 0 spiro atoms. The maximum absolute atomic E-state index is 10.6. The Balaban J connectivity index is 2.19. The standard InChI is InChI=1S/C11H6N2O3S/c12-6-7-5-8(3-4-13-7)17-10-2-1-9(16-10)11(14)15/h1-5H,(H,14,15). The van der Waals surface area contributed by atoms with Crippen LogP contribution in [0.5, 0.6) is 0 Å². The van der Waals surface area contributed by atoms with E-state index in [9.17, 15) is 4.79 Å². The Morgan fingerprint density at radius 1 is 1.47 bits per heavy atom. The molecule has 6 heteroatoms. The Morgan fingerprint density at radius 3 is 2.94 bits per heavy atom. The van der Waals surface area contributed by atoms with Crippen LogP contribution in [0.3, 0.4) is 0 Å². The average Bonchev–Trinajstić information content (AvgIpc) is 2.78. The van der Waals surface area contributed by atoms with Gasteiger partial charge in [0.1, 0.15) is 11.8 Å². The number of furan rings is 1. The fourth-order valence-corrected chi connectivity index (χ4v) is 1.94. The van der Waals surface area contributed by atoms with Gasteiger partial charge in [-0.25, -0.2) is 9.78 Å². The third-order valence-electron chi connectivity index (χ3n) is 1.86. The normalized spacial score (nSPS) is 9.82. The van der Waals surface area contributed by atoms with E-state index in [1.807, 2.05) is 6.07 Å². The number of nitriles is 1. The minimum absolute atomic E-state index is 0.109. The van der Waals surface area contributed by atoms with Crippen molar-refractivity contribution in [2.75, 3.05) is 0 Å². The van der Waals surface area contributed by atoms with Crippen LogP contribution in [0, 0.1) is 11.3 Å². The molecule has 0 aromatic carbocycles. The summed E-state index contributed by atoms with van der Waals surface area (Å²) in [6.07, 6.45) is 1.52. The van der Waals surface area contributed by atoms with Gasteiger partial charge in [0.05, 0.1) is 0 Å². The van der Waals surface area contributed by atoms with Crippen LogP contribution in [-0.2, 0) is 0 Å². The lowest BCUT2D eigenvalue weighted by atomic mass is 10.4. The Labute approximate surface area is 101 Å².